The van der Waals surface area contributed by atoms with Crippen molar-refractivity contribution in [3.63, 3.8) is 0 Å². The Morgan fingerprint density at radius 2 is 1.80 bits per heavy atom. The average Bonchev–Trinajstić information content (AvgIpc) is 2.67. The third-order valence-corrected chi connectivity index (χ3v) is 1.56. The first kappa shape index (κ1) is 11.4. The van der Waals surface area contributed by atoms with Gasteiger partial charge in [-0.3, -0.25) is 0 Å². The first-order valence-electron chi connectivity index (χ1n) is 4.23. The van der Waals surface area contributed by atoms with Crippen molar-refractivity contribution in [2.24, 2.45) is 0 Å². The van der Waals surface area contributed by atoms with Crippen LogP contribution < -0.4 is 0 Å². The van der Waals surface area contributed by atoms with Gasteiger partial charge in [0.05, 0.1) is 0 Å². The summed E-state index contributed by atoms with van der Waals surface area (Å²) in [5.41, 5.74) is 0.981. The van der Waals surface area contributed by atoms with Crippen LogP contribution in [-0.4, -0.2) is 27.9 Å². The van der Waals surface area contributed by atoms with Crippen LogP contribution in [0, 0.1) is 6.92 Å². The molecule has 2 rings (SSSR count). The van der Waals surface area contributed by atoms with Gasteiger partial charge in [-0.25, -0.2) is 0 Å². The topological polar surface area (TPSA) is 79.4 Å². The summed E-state index contributed by atoms with van der Waals surface area (Å²) in [7, 11) is 0. The summed E-state index contributed by atoms with van der Waals surface area (Å²) in [6.45, 7) is 1.78. The minimum Gasteiger partial charge on any atom is -0.429 e. The Kier molecular flexibility index (Phi) is 4.53. The maximum Gasteiger partial charge on any atom is 0.482 e. The number of hydrogen-bond donors (Lipinski definition) is 2. The zero-order valence-corrected chi connectivity index (χ0v) is 8.16. The highest BCUT2D eigenvalue weighted by Gasteiger charge is 2.02. The molecule has 0 amide bonds. The first-order valence-corrected chi connectivity index (χ1v) is 4.23. The number of benzene rings is 1. The Hall–Kier alpha value is -1.66. The Morgan fingerprint density at radius 3 is 2.27 bits per heavy atom. The van der Waals surface area contributed by atoms with Crippen molar-refractivity contribution in [2.75, 3.05) is 0 Å². The Bertz CT molecular complexity index is 391. The van der Waals surface area contributed by atoms with Crippen LogP contribution in [0.5, 0.6) is 0 Å². The maximum absolute atomic E-state index is 7.00. The molecule has 15 heavy (non-hydrogen) atoms. The minimum absolute atomic E-state index is 0. The predicted molar refractivity (Wildman–Crippen MR) is 54.7 cm³/mol. The molecule has 1 aromatic heterocycles. The van der Waals surface area contributed by atoms with Gasteiger partial charge in [-0.1, -0.05) is 35.5 Å². The van der Waals surface area contributed by atoms with E-state index in [9.17, 15) is 0 Å². The zero-order chi connectivity index (χ0) is 11.1. The van der Waals surface area contributed by atoms with Gasteiger partial charge in [0.25, 0.3) is 0 Å². The summed E-state index contributed by atoms with van der Waals surface area (Å²) < 4.78 is 4.86. The van der Waals surface area contributed by atoms with Crippen molar-refractivity contribution in [1.29, 1.82) is 0 Å². The number of rotatable bonds is 1. The smallest absolute Gasteiger partial charge is 0.429 e. The highest BCUT2D eigenvalue weighted by molar-refractivity contribution is 6.13. The molecule has 1 heterocycles. The fourth-order valence-electron chi connectivity index (χ4n) is 1.00. The van der Waals surface area contributed by atoms with Crippen molar-refractivity contribution in [2.45, 2.75) is 6.92 Å². The van der Waals surface area contributed by atoms with Gasteiger partial charge >= 0.3 is 7.69 Å². The fourth-order valence-corrected chi connectivity index (χ4v) is 1.00. The Labute approximate surface area is 87.7 Å². The predicted octanol–water partition coefficient (Wildman–Crippen LogP) is 0.550. The molecule has 2 aromatic rings. The van der Waals surface area contributed by atoms with Gasteiger partial charge < -0.3 is 14.6 Å². The lowest BCUT2D eigenvalue weighted by atomic mass is 10.2. The second-order valence-electron chi connectivity index (χ2n) is 2.62. The molecule has 2 N–H and O–H groups in total. The quantitative estimate of drug-likeness (QED) is 0.664. The Balaban J connectivity index is 0.000000337. The van der Waals surface area contributed by atoms with E-state index >= 15 is 0 Å². The van der Waals surface area contributed by atoms with Crippen LogP contribution in [0.4, 0.5) is 0 Å². The first-order chi connectivity index (χ1) is 7.27. The van der Waals surface area contributed by atoms with E-state index in [0.29, 0.717) is 11.7 Å². The van der Waals surface area contributed by atoms with Crippen molar-refractivity contribution < 1.29 is 14.6 Å². The van der Waals surface area contributed by atoms with Crippen LogP contribution in [-0.2, 0) is 0 Å². The van der Waals surface area contributed by atoms with Crippen molar-refractivity contribution in [1.82, 2.24) is 10.1 Å². The lowest BCUT2D eigenvalue weighted by molar-refractivity contribution is 0.394. The van der Waals surface area contributed by atoms with Crippen LogP contribution >= 0.6 is 0 Å². The number of hydrogen-bond acceptors (Lipinski definition) is 5. The lowest BCUT2D eigenvalue weighted by Crippen LogP contribution is -1.78. The summed E-state index contributed by atoms with van der Waals surface area (Å²) in [4.78, 5) is 4.10. The molecule has 0 fully saturated rings. The second-order valence-corrected chi connectivity index (χ2v) is 2.62. The molecule has 0 saturated heterocycles. The SMILES string of the molecule is Cc1nc(-c2ccccc2)no1.O[B]O. The van der Waals surface area contributed by atoms with Gasteiger partial charge in [0.2, 0.25) is 11.7 Å². The van der Waals surface area contributed by atoms with Gasteiger partial charge in [-0.2, -0.15) is 4.98 Å². The Morgan fingerprint density at radius 1 is 1.20 bits per heavy atom. The summed E-state index contributed by atoms with van der Waals surface area (Å²) in [5, 5.41) is 17.8. The molecule has 0 saturated carbocycles. The third kappa shape index (κ3) is 3.53. The minimum atomic E-state index is 0. The van der Waals surface area contributed by atoms with Crippen LogP contribution in [0.25, 0.3) is 11.4 Å². The van der Waals surface area contributed by atoms with Crippen molar-refractivity contribution in [3.05, 3.63) is 36.2 Å². The van der Waals surface area contributed by atoms with E-state index in [2.05, 4.69) is 10.1 Å². The summed E-state index contributed by atoms with van der Waals surface area (Å²) in [6, 6.07) is 9.74. The van der Waals surface area contributed by atoms with E-state index in [-0.39, 0.29) is 7.69 Å². The van der Waals surface area contributed by atoms with E-state index in [1.165, 1.54) is 0 Å². The molecule has 1 radical (unpaired) electrons. The highest BCUT2D eigenvalue weighted by atomic mass is 16.5. The number of nitrogens with zero attached hydrogens (tertiary/aromatic N) is 2. The molecule has 6 heteroatoms. The van der Waals surface area contributed by atoms with Gasteiger partial charge in [0, 0.05) is 12.5 Å². The zero-order valence-electron chi connectivity index (χ0n) is 8.16. The largest absolute Gasteiger partial charge is 0.482 e. The molecule has 1 aromatic carbocycles. The highest BCUT2D eigenvalue weighted by Crippen LogP contribution is 2.13. The van der Waals surface area contributed by atoms with Crippen LogP contribution in [0.2, 0.25) is 0 Å². The molecule has 0 bridgehead atoms. The number of aromatic nitrogens is 2. The van der Waals surface area contributed by atoms with E-state index in [1.807, 2.05) is 30.3 Å². The van der Waals surface area contributed by atoms with E-state index in [1.54, 1.807) is 6.92 Å². The molecule has 0 aliphatic heterocycles. The van der Waals surface area contributed by atoms with Gasteiger partial charge in [-0.05, 0) is 0 Å². The maximum atomic E-state index is 7.00. The standard InChI is InChI=1S/C9H8N2O.BH2O2/c1-7-10-9(11-12-7)8-5-3-2-4-6-8;2-1-3/h2-6H,1H3;2-3H. The normalized spacial score (nSPS) is 9.00. The summed E-state index contributed by atoms with van der Waals surface area (Å²) >= 11 is 0. The summed E-state index contributed by atoms with van der Waals surface area (Å²) in [6.07, 6.45) is 0. The average molecular weight is 205 g/mol. The second kappa shape index (κ2) is 5.95. The molecular formula is C9H10BN2O3. The lowest BCUT2D eigenvalue weighted by Gasteiger charge is -1.89. The van der Waals surface area contributed by atoms with Gasteiger partial charge in [0.1, 0.15) is 0 Å². The van der Waals surface area contributed by atoms with Crippen LogP contribution in [0.1, 0.15) is 5.89 Å². The monoisotopic (exact) mass is 205 g/mol. The van der Waals surface area contributed by atoms with Gasteiger partial charge in [-0.15, -0.1) is 0 Å². The van der Waals surface area contributed by atoms with Crippen LogP contribution in [0.3, 0.4) is 0 Å². The fraction of sp³-hybridized carbons (Fsp3) is 0.111. The molecule has 0 spiro atoms. The van der Waals surface area contributed by atoms with E-state index in [4.69, 9.17) is 14.6 Å². The molecule has 0 aliphatic carbocycles. The van der Waals surface area contributed by atoms with Crippen LogP contribution in [0.15, 0.2) is 34.9 Å². The van der Waals surface area contributed by atoms with E-state index in [0.717, 1.165) is 5.56 Å². The third-order valence-electron chi connectivity index (χ3n) is 1.56. The van der Waals surface area contributed by atoms with Crippen molar-refractivity contribution >= 4 is 7.69 Å². The van der Waals surface area contributed by atoms with Crippen molar-refractivity contribution in [3.8, 4) is 11.4 Å². The molecule has 0 atom stereocenters. The number of aryl methyl sites for hydroxylation is 1. The molecular weight excluding hydrogens is 195 g/mol. The van der Waals surface area contributed by atoms with Gasteiger partial charge in [0.15, 0.2) is 0 Å². The molecule has 0 aliphatic rings. The summed E-state index contributed by atoms with van der Waals surface area (Å²) in [5.74, 6) is 1.24. The molecule has 77 valence electrons. The molecule has 0 unspecified atom stereocenters. The van der Waals surface area contributed by atoms with E-state index < -0.39 is 0 Å². The molecule has 5 nitrogen and oxygen atoms in total.